The van der Waals surface area contributed by atoms with Gasteiger partial charge in [0.1, 0.15) is 0 Å². The maximum Gasteiger partial charge on any atom is 0.322 e. The number of aryl methyl sites for hydroxylation is 2. The quantitative estimate of drug-likeness (QED) is 0.397. The summed E-state index contributed by atoms with van der Waals surface area (Å²) in [5, 5.41) is 10.9. The van der Waals surface area contributed by atoms with Crippen LogP contribution >= 0.6 is 11.6 Å². The van der Waals surface area contributed by atoms with E-state index in [1.54, 1.807) is 6.07 Å². The Morgan fingerprint density at radius 2 is 1.73 bits per heavy atom. The van der Waals surface area contributed by atoms with E-state index in [0.29, 0.717) is 5.02 Å². The number of amides is 1. The molecule has 0 saturated heterocycles. The highest BCUT2D eigenvalue weighted by Gasteiger charge is 2.17. The molecular formula is C23H19ClN4O4S. The fourth-order valence-corrected chi connectivity index (χ4v) is 4.25. The number of carbonyl (C=O) groups is 1. The molecule has 4 rings (SSSR count). The lowest BCUT2D eigenvalue weighted by Crippen LogP contribution is -2.15. The summed E-state index contributed by atoms with van der Waals surface area (Å²) in [6.45, 7) is 3.88. The topological polar surface area (TPSA) is 114 Å². The van der Waals surface area contributed by atoms with E-state index < -0.39 is 15.9 Å². The zero-order valence-electron chi connectivity index (χ0n) is 17.7. The van der Waals surface area contributed by atoms with Crippen molar-refractivity contribution >= 4 is 39.2 Å². The van der Waals surface area contributed by atoms with Crippen LogP contribution in [0.1, 0.15) is 21.5 Å². The van der Waals surface area contributed by atoms with Crippen molar-refractivity contribution in [1.82, 2.24) is 10.2 Å². The Bertz CT molecular complexity index is 1430. The molecule has 0 radical (unpaired) electrons. The normalized spacial score (nSPS) is 11.2. The number of aromatic nitrogens is 2. The molecule has 8 nitrogen and oxygen atoms in total. The standard InChI is InChI=1S/C23H19ClN4O4S/c1-14-6-7-15(2)20(12-14)22-26-27-23(32-22)25-21(29)16-4-3-5-18(13-16)28-33(30,31)19-10-8-17(24)9-11-19/h3-13,28H,1-2H3,(H,25,27,29). The predicted molar refractivity (Wildman–Crippen MR) is 126 cm³/mol. The van der Waals surface area contributed by atoms with Crippen molar-refractivity contribution in [2.24, 2.45) is 0 Å². The molecule has 0 aliphatic carbocycles. The average molecular weight is 483 g/mol. The van der Waals surface area contributed by atoms with Crippen LogP contribution in [0.5, 0.6) is 0 Å². The van der Waals surface area contributed by atoms with Crippen LogP contribution in [-0.2, 0) is 10.0 Å². The number of carbonyl (C=O) groups excluding carboxylic acids is 1. The first-order chi connectivity index (χ1) is 15.7. The highest BCUT2D eigenvalue weighted by molar-refractivity contribution is 7.92. The van der Waals surface area contributed by atoms with Gasteiger partial charge in [0.05, 0.1) is 4.90 Å². The first kappa shape index (κ1) is 22.5. The predicted octanol–water partition coefficient (Wildman–Crippen LogP) is 5.06. The second-order valence-electron chi connectivity index (χ2n) is 7.33. The van der Waals surface area contributed by atoms with Gasteiger partial charge in [-0.15, -0.1) is 5.10 Å². The van der Waals surface area contributed by atoms with E-state index in [-0.39, 0.29) is 28.1 Å². The second kappa shape index (κ2) is 9.05. The number of halogens is 1. The van der Waals surface area contributed by atoms with Crippen molar-refractivity contribution in [1.29, 1.82) is 0 Å². The maximum absolute atomic E-state index is 12.7. The molecular weight excluding hydrogens is 464 g/mol. The summed E-state index contributed by atoms with van der Waals surface area (Å²) in [5.41, 5.74) is 3.21. The highest BCUT2D eigenvalue weighted by atomic mass is 35.5. The minimum Gasteiger partial charge on any atom is -0.403 e. The number of rotatable bonds is 6. The van der Waals surface area contributed by atoms with Gasteiger partial charge in [0.25, 0.3) is 15.9 Å². The van der Waals surface area contributed by atoms with Gasteiger partial charge in [0.2, 0.25) is 5.89 Å². The fraction of sp³-hybridized carbons (Fsp3) is 0.0870. The Balaban J connectivity index is 1.50. The maximum atomic E-state index is 12.7. The highest BCUT2D eigenvalue weighted by Crippen LogP contribution is 2.25. The van der Waals surface area contributed by atoms with Gasteiger partial charge < -0.3 is 4.42 Å². The van der Waals surface area contributed by atoms with E-state index in [2.05, 4.69) is 20.2 Å². The van der Waals surface area contributed by atoms with Crippen molar-refractivity contribution in [3.05, 3.63) is 88.4 Å². The van der Waals surface area contributed by atoms with Gasteiger partial charge in [-0.05, 0) is 67.9 Å². The van der Waals surface area contributed by atoms with Gasteiger partial charge in [-0.3, -0.25) is 14.8 Å². The van der Waals surface area contributed by atoms with Gasteiger partial charge in [0.15, 0.2) is 0 Å². The third-order valence-electron chi connectivity index (χ3n) is 4.77. The Morgan fingerprint density at radius 3 is 2.48 bits per heavy atom. The molecule has 4 aromatic rings. The third-order valence-corrected chi connectivity index (χ3v) is 6.42. The Morgan fingerprint density at radius 1 is 0.970 bits per heavy atom. The lowest BCUT2D eigenvalue weighted by molar-refractivity contribution is 0.102. The summed E-state index contributed by atoms with van der Waals surface area (Å²) in [5.74, 6) is -0.241. The smallest absolute Gasteiger partial charge is 0.322 e. The molecule has 3 aromatic carbocycles. The van der Waals surface area contributed by atoms with Crippen LogP contribution in [0.3, 0.4) is 0 Å². The first-order valence-electron chi connectivity index (χ1n) is 9.82. The Hall–Kier alpha value is -3.69. The SMILES string of the molecule is Cc1ccc(C)c(-c2nnc(NC(=O)c3cccc(NS(=O)(=O)c4ccc(Cl)cc4)c3)o2)c1. The van der Waals surface area contributed by atoms with E-state index in [4.69, 9.17) is 16.0 Å². The number of nitrogens with one attached hydrogen (secondary N) is 2. The summed E-state index contributed by atoms with van der Waals surface area (Å²) in [4.78, 5) is 12.7. The molecule has 168 valence electrons. The fourth-order valence-electron chi connectivity index (χ4n) is 3.07. The van der Waals surface area contributed by atoms with Gasteiger partial charge in [0, 0.05) is 21.8 Å². The molecule has 33 heavy (non-hydrogen) atoms. The number of anilines is 2. The van der Waals surface area contributed by atoms with E-state index >= 15 is 0 Å². The number of sulfonamides is 1. The van der Waals surface area contributed by atoms with Crippen molar-refractivity contribution in [3.8, 4) is 11.5 Å². The van der Waals surface area contributed by atoms with Crippen LogP contribution < -0.4 is 10.0 Å². The van der Waals surface area contributed by atoms with E-state index in [1.807, 2.05) is 32.0 Å². The van der Waals surface area contributed by atoms with Crippen LogP contribution in [0.2, 0.25) is 5.02 Å². The van der Waals surface area contributed by atoms with Crippen LogP contribution in [0.4, 0.5) is 11.7 Å². The van der Waals surface area contributed by atoms with Crippen LogP contribution in [0.15, 0.2) is 76.0 Å². The number of nitrogens with zero attached hydrogens (tertiary/aromatic N) is 2. The van der Waals surface area contributed by atoms with E-state index in [9.17, 15) is 13.2 Å². The van der Waals surface area contributed by atoms with Gasteiger partial charge in [-0.2, -0.15) is 0 Å². The van der Waals surface area contributed by atoms with E-state index in [0.717, 1.165) is 16.7 Å². The third kappa shape index (κ3) is 5.21. The zero-order chi connectivity index (χ0) is 23.6. The lowest BCUT2D eigenvalue weighted by atomic mass is 10.1. The van der Waals surface area contributed by atoms with Crippen LogP contribution in [0.25, 0.3) is 11.5 Å². The lowest BCUT2D eigenvalue weighted by Gasteiger charge is -2.09. The Kier molecular flexibility index (Phi) is 6.17. The molecule has 0 aliphatic heterocycles. The van der Waals surface area contributed by atoms with Crippen molar-refractivity contribution in [2.45, 2.75) is 18.7 Å². The minimum absolute atomic E-state index is 0.0478. The molecule has 2 N–H and O–H groups in total. The molecule has 0 saturated carbocycles. The summed E-state index contributed by atoms with van der Waals surface area (Å²) in [7, 11) is -3.85. The van der Waals surface area contributed by atoms with Crippen LogP contribution in [-0.4, -0.2) is 24.5 Å². The first-order valence-corrected chi connectivity index (χ1v) is 11.7. The number of hydrogen-bond acceptors (Lipinski definition) is 6. The zero-order valence-corrected chi connectivity index (χ0v) is 19.2. The largest absolute Gasteiger partial charge is 0.403 e. The van der Waals surface area contributed by atoms with Crippen molar-refractivity contribution in [2.75, 3.05) is 10.0 Å². The second-order valence-corrected chi connectivity index (χ2v) is 9.44. The summed E-state index contributed by atoms with van der Waals surface area (Å²) in [6, 6.07) is 17.6. The summed E-state index contributed by atoms with van der Waals surface area (Å²) < 4.78 is 33.2. The Labute approximate surface area is 195 Å². The monoisotopic (exact) mass is 482 g/mol. The molecule has 0 aliphatic rings. The van der Waals surface area contributed by atoms with Gasteiger partial charge in [-0.1, -0.05) is 40.5 Å². The minimum atomic E-state index is -3.85. The molecule has 0 unspecified atom stereocenters. The summed E-state index contributed by atoms with van der Waals surface area (Å²) in [6.07, 6.45) is 0. The summed E-state index contributed by atoms with van der Waals surface area (Å²) >= 11 is 5.82. The van der Waals surface area contributed by atoms with Crippen molar-refractivity contribution in [3.63, 3.8) is 0 Å². The molecule has 0 fully saturated rings. The molecule has 1 aromatic heterocycles. The van der Waals surface area contributed by atoms with Crippen molar-refractivity contribution < 1.29 is 17.6 Å². The molecule has 0 spiro atoms. The molecule has 0 bridgehead atoms. The number of benzene rings is 3. The number of hydrogen-bond donors (Lipinski definition) is 2. The molecule has 1 heterocycles. The van der Waals surface area contributed by atoms with E-state index in [1.165, 1.54) is 42.5 Å². The van der Waals surface area contributed by atoms with Gasteiger partial charge in [-0.25, -0.2) is 8.42 Å². The molecule has 0 atom stereocenters. The molecule has 10 heteroatoms. The average Bonchev–Trinajstić information content (AvgIpc) is 3.24. The molecule has 1 amide bonds. The van der Waals surface area contributed by atoms with Crippen LogP contribution in [0, 0.1) is 13.8 Å². The van der Waals surface area contributed by atoms with Gasteiger partial charge >= 0.3 is 6.01 Å².